The molecule has 0 saturated carbocycles. The van der Waals surface area contributed by atoms with Crippen LogP contribution in [0, 0.1) is 11.6 Å². The Morgan fingerprint density at radius 2 is 1.64 bits per heavy atom. The molecule has 6 heteroatoms. The molecule has 3 N–H and O–H groups in total. The normalized spacial score (nSPS) is 10.6. The number of nitrogens with two attached hydrogens (primary N) is 1. The fourth-order valence-electron chi connectivity index (χ4n) is 2.20. The number of primary amides is 1. The van der Waals surface area contributed by atoms with Crippen molar-refractivity contribution in [1.29, 1.82) is 0 Å². The molecule has 0 bridgehead atoms. The number of carbonyl (C=O) groups excluding carboxylic acids is 1. The third kappa shape index (κ3) is 2.35. The van der Waals surface area contributed by atoms with Gasteiger partial charge in [-0.25, -0.2) is 13.8 Å². The Labute approximate surface area is 124 Å². The van der Waals surface area contributed by atoms with Gasteiger partial charge < -0.3 is 10.7 Å². The standard InChI is InChI=1S/C16H11F2N3O/c17-10-7-4-8-11(18)12(10)16-20-13(14(21-16)15(19)22)9-5-2-1-3-6-9/h1-8H,(H2,19,22)(H,20,21). The van der Waals surface area contributed by atoms with E-state index in [4.69, 9.17) is 5.73 Å². The van der Waals surface area contributed by atoms with Crippen molar-refractivity contribution in [2.45, 2.75) is 0 Å². The fourth-order valence-corrected chi connectivity index (χ4v) is 2.20. The van der Waals surface area contributed by atoms with Crippen molar-refractivity contribution in [3.8, 4) is 22.6 Å². The molecule has 0 fully saturated rings. The van der Waals surface area contributed by atoms with Crippen LogP contribution in [0.15, 0.2) is 48.5 Å². The van der Waals surface area contributed by atoms with E-state index in [1.54, 1.807) is 30.3 Å². The number of imidazole rings is 1. The van der Waals surface area contributed by atoms with Crippen LogP contribution in [0.5, 0.6) is 0 Å². The zero-order valence-corrected chi connectivity index (χ0v) is 11.3. The number of nitrogens with zero attached hydrogens (tertiary/aromatic N) is 1. The summed E-state index contributed by atoms with van der Waals surface area (Å²) in [6, 6.07) is 12.3. The van der Waals surface area contributed by atoms with Gasteiger partial charge in [-0.1, -0.05) is 36.4 Å². The molecule has 1 heterocycles. The highest BCUT2D eigenvalue weighted by molar-refractivity contribution is 5.98. The lowest BCUT2D eigenvalue weighted by Crippen LogP contribution is -2.12. The van der Waals surface area contributed by atoms with Gasteiger partial charge in [-0.05, 0) is 12.1 Å². The van der Waals surface area contributed by atoms with Gasteiger partial charge in [0.25, 0.3) is 5.91 Å². The Hall–Kier alpha value is -3.02. The molecule has 0 spiro atoms. The number of H-pyrrole nitrogens is 1. The van der Waals surface area contributed by atoms with E-state index in [0.717, 1.165) is 12.1 Å². The highest BCUT2D eigenvalue weighted by atomic mass is 19.1. The fraction of sp³-hybridized carbons (Fsp3) is 0. The minimum atomic E-state index is -0.774. The summed E-state index contributed by atoms with van der Waals surface area (Å²) >= 11 is 0. The molecular weight excluding hydrogens is 288 g/mol. The summed E-state index contributed by atoms with van der Waals surface area (Å²) in [6.45, 7) is 0. The molecule has 110 valence electrons. The van der Waals surface area contributed by atoms with Crippen molar-refractivity contribution in [1.82, 2.24) is 9.97 Å². The van der Waals surface area contributed by atoms with E-state index >= 15 is 0 Å². The Morgan fingerprint density at radius 3 is 2.23 bits per heavy atom. The van der Waals surface area contributed by atoms with Gasteiger partial charge >= 0.3 is 0 Å². The minimum absolute atomic E-state index is 0.00357. The molecule has 1 amide bonds. The molecular formula is C16H11F2N3O. The molecule has 0 saturated heterocycles. The first-order chi connectivity index (χ1) is 10.6. The molecule has 0 atom stereocenters. The van der Waals surface area contributed by atoms with Gasteiger partial charge in [0.1, 0.15) is 28.8 Å². The summed E-state index contributed by atoms with van der Waals surface area (Å²) < 4.78 is 27.7. The second kappa shape index (κ2) is 5.40. The lowest BCUT2D eigenvalue weighted by atomic mass is 10.1. The van der Waals surface area contributed by atoms with Crippen molar-refractivity contribution >= 4 is 5.91 Å². The number of hydrogen-bond donors (Lipinski definition) is 2. The van der Waals surface area contributed by atoms with Crippen molar-refractivity contribution in [2.75, 3.05) is 0 Å². The average Bonchev–Trinajstić information content (AvgIpc) is 2.93. The molecule has 0 aliphatic heterocycles. The molecule has 0 aliphatic rings. The van der Waals surface area contributed by atoms with Crippen LogP contribution in [0.25, 0.3) is 22.6 Å². The number of nitrogens with one attached hydrogen (secondary N) is 1. The van der Waals surface area contributed by atoms with Crippen molar-refractivity contribution in [3.63, 3.8) is 0 Å². The summed E-state index contributed by atoms with van der Waals surface area (Å²) in [5.74, 6) is -2.38. The summed E-state index contributed by atoms with van der Waals surface area (Å²) in [7, 11) is 0. The SMILES string of the molecule is NC(=O)c1[nH]c(-c2c(F)cccc2F)nc1-c1ccccc1. The molecule has 2 aromatic carbocycles. The maximum atomic E-state index is 13.9. The first kappa shape index (κ1) is 13.9. The number of aromatic nitrogens is 2. The molecule has 0 aliphatic carbocycles. The number of benzene rings is 2. The first-order valence-electron chi connectivity index (χ1n) is 6.47. The number of hydrogen-bond acceptors (Lipinski definition) is 2. The molecule has 1 aromatic heterocycles. The summed E-state index contributed by atoms with van der Waals surface area (Å²) in [5, 5.41) is 0. The largest absolute Gasteiger partial charge is 0.364 e. The molecule has 0 unspecified atom stereocenters. The van der Waals surface area contributed by atoms with Crippen molar-refractivity contribution in [3.05, 3.63) is 65.9 Å². The predicted molar refractivity (Wildman–Crippen MR) is 77.9 cm³/mol. The van der Waals surface area contributed by atoms with Gasteiger partial charge in [-0.15, -0.1) is 0 Å². The lowest BCUT2D eigenvalue weighted by Gasteiger charge is -2.00. The van der Waals surface area contributed by atoms with Crippen LogP contribution in [0.3, 0.4) is 0 Å². The van der Waals surface area contributed by atoms with Crippen LogP contribution in [-0.2, 0) is 0 Å². The first-order valence-corrected chi connectivity index (χ1v) is 6.47. The molecule has 0 radical (unpaired) electrons. The van der Waals surface area contributed by atoms with Crippen LogP contribution in [-0.4, -0.2) is 15.9 Å². The zero-order valence-electron chi connectivity index (χ0n) is 11.3. The van der Waals surface area contributed by atoms with Crippen LogP contribution in [0.4, 0.5) is 8.78 Å². The highest BCUT2D eigenvalue weighted by Gasteiger charge is 2.21. The molecule has 22 heavy (non-hydrogen) atoms. The van der Waals surface area contributed by atoms with Gasteiger partial charge in [0, 0.05) is 5.56 Å². The Balaban J connectivity index is 2.22. The number of rotatable bonds is 3. The Kier molecular flexibility index (Phi) is 3.42. The van der Waals surface area contributed by atoms with Gasteiger partial charge in [0.15, 0.2) is 0 Å². The van der Waals surface area contributed by atoms with Crippen molar-refractivity contribution in [2.24, 2.45) is 5.73 Å². The Morgan fingerprint density at radius 1 is 1.00 bits per heavy atom. The van der Waals surface area contributed by atoms with Gasteiger partial charge in [0.05, 0.1) is 5.56 Å². The van der Waals surface area contributed by atoms with E-state index < -0.39 is 17.5 Å². The number of amides is 1. The third-order valence-electron chi connectivity index (χ3n) is 3.20. The van der Waals surface area contributed by atoms with Gasteiger partial charge in [0.2, 0.25) is 0 Å². The van der Waals surface area contributed by atoms with E-state index in [0.29, 0.717) is 5.56 Å². The maximum Gasteiger partial charge on any atom is 0.267 e. The summed E-state index contributed by atoms with van der Waals surface area (Å²) in [5.41, 5.74) is 5.87. The second-order valence-electron chi connectivity index (χ2n) is 4.64. The van der Waals surface area contributed by atoms with E-state index in [2.05, 4.69) is 9.97 Å². The van der Waals surface area contributed by atoms with Crippen LogP contribution < -0.4 is 5.73 Å². The van der Waals surface area contributed by atoms with E-state index in [1.807, 2.05) is 0 Å². The maximum absolute atomic E-state index is 13.9. The monoisotopic (exact) mass is 299 g/mol. The summed E-state index contributed by atoms with van der Waals surface area (Å²) in [4.78, 5) is 18.3. The van der Waals surface area contributed by atoms with Crippen LogP contribution in [0.1, 0.15) is 10.5 Å². The third-order valence-corrected chi connectivity index (χ3v) is 3.20. The molecule has 3 aromatic rings. The van der Waals surface area contributed by atoms with Gasteiger partial charge in [-0.2, -0.15) is 0 Å². The minimum Gasteiger partial charge on any atom is -0.364 e. The highest BCUT2D eigenvalue weighted by Crippen LogP contribution is 2.28. The van der Waals surface area contributed by atoms with Crippen LogP contribution in [0.2, 0.25) is 0 Å². The predicted octanol–water partition coefficient (Wildman–Crippen LogP) is 3.12. The average molecular weight is 299 g/mol. The van der Waals surface area contributed by atoms with Gasteiger partial charge in [-0.3, -0.25) is 4.79 Å². The summed E-state index contributed by atoms with van der Waals surface area (Å²) in [6.07, 6.45) is 0. The zero-order chi connectivity index (χ0) is 15.7. The van der Waals surface area contributed by atoms with E-state index in [1.165, 1.54) is 6.07 Å². The number of halogens is 2. The van der Waals surface area contributed by atoms with Crippen LogP contribution >= 0.6 is 0 Å². The smallest absolute Gasteiger partial charge is 0.267 e. The van der Waals surface area contributed by atoms with E-state index in [-0.39, 0.29) is 22.8 Å². The quantitative estimate of drug-likeness (QED) is 0.780. The Bertz CT molecular complexity index is 824. The number of carbonyl (C=O) groups is 1. The second-order valence-corrected chi connectivity index (χ2v) is 4.64. The lowest BCUT2D eigenvalue weighted by molar-refractivity contribution is 0.0997. The topological polar surface area (TPSA) is 71.8 Å². The molecule has 3 rings (SSSR count). The van der Waals surface area contributed by atoms with Crippen molar-refractivity contribution < 1.29 is 13.6 Å². The van der Waals surface area contributed by atoms with E-state index in [9.17, 15) is 13.6 Å². The number of aromatic amines is 1. The molecule has 4 nitrogen and oxygen atoms in total.